The highest BCUT2D eigenvalue weighted by Gasteiger charge is 2.24. The van der Waals surface area contributed by atoms with E-state index in [0.29, 0.717) is 37.0 Å². The molecule has 3 nitrogen and oxygen atoms in total. The van der Waals surface area contributed by atoms with Crippen LogP contribution in [0.25, 0.3) is 10.8 Å². The standard InChI is InChI=1S/C26H28F2O3/c1-2-3-14-29-23-16-30-26(31-17-23)21-10-13-24-20(15-21)9-8-19(25(24)28)7-4-18-5-11-22(27)12-6-18/h5-6,8-13,15,23,26H,2-4,7,14,16-17H2,1H3. The largest absolute Gasteiger partial charge is 0.373 e. The van der Waals surface area contributed by atoms with Gasteiger partial charge in [0, 0.05) is 17.6 Å². The molecule has 1 aliphatic rings. The normalized spacial score (nSPS) is 19.1. The van der Waals surface area contributed by atoms with Crippen LogP contribution < -0.4 is 0 Å². The topological polar surface area (TPSA) is 27.7 Å². The van der Waals surface area contributed by atoms with Gasteiger partial charge in [-0.3, -0.25) is 0 Å². The molecule has 1 fully saturated rings. The van der Waals surface area contributed by atoms with Crippen molar-refractivity contribution in [2.75, 3.05) is 19.8 Å². The van der Waals surface area contributed by atoms with Crippen molar-refractivity contribution in [1.29, 1.82) is 0 Å². The van der Waals surface area contributed by atoms with Crippen molar-refractivity contribution in [2.45, 2.75) is 45.0 Å². The van der Waals surface area contributed by atoms with Crippen LogP contribution in [0.15, 0.2) is 54.6 Å². The van der Waals surface area contributed by atoms with Crippen molar-refractivity contribution in [3.63, 3.8) is 0 Å². The third-order valence-corrected chi connectivity index (χ3v) is 5.64. The Morgan fingerprint density at radius 1 is 0.935 bits per heavy atom. The van der Waals surface area contributed by atoms with Crippen molar-refractivity contribution in [1.82, 2.24) is 0 Å². The molecule has 1 saturated heterocycles. The zero-order valence-electron chi connectivity index (χ0n) is 17.8. The lowest BCUT2D eigenvalue weighted by molar-refractivity contribution is -0.230. The third kappa shape index (κ3) is 5.48. The molecule has 0 atom stereocenters. The predicted molar refractivity (Wildman–Crippen MR) is 117 cm³/mol. The molecule has 0 spiro atoms. The zero-order valence-corrected chi connectivity index (χ0v) is 17.8. The summed E-state index contributed by atoms with van der Waals surface area (Å²) in [6.45, 7) is 3.83. The number of aryl methyl sites for hydroxylation is 2. The van der Waals surface area contributed by atoms with E-state index in [4.69, 9.17) is 14.2 Å². The van der Waals surface area contributed by atoms with E-state index in [-0.39, 0.29) is 17.7 Å². The van der Waals surface area contributed by atoms with E-state index in [1.54, 1.807) is 18.2 Å². The molecular weight excluding hydrogens is 398 g/mol. The first-order chi connectivity index (χ1) is 15.1. The summed E-state index contributed by atoms with van der Waals surface area (Å²) >= 11 is 0. The second kappa shape index (κ2) is 10.3. The monoisotopic (exact) mass is 426 g/mol. The van der Waals surface area contributed by atoms with E-state index >= 15 is 4.39 Å². The molecule has 1 aliphatic heterocycles. The number of unbranched alkanes of at least 4 members (excludes halogenated alkanes) is 1. The Kier molecular flexibility index (Phi) is 7.28. The number of benzene rings is 3. The highest BCUT2D eigenvalue weighted by atomic mass is 19.1. The number of hydrogen-bond acceptors (Lipinski definition) is 3. The van der Waals surface area contributed by atoms with Crippen molar-refractivity contribution < 1.29 is 23.0 Å². The van der Waals surface area contributed by atoms with Gasteiger partial charge in [-0.15, -0.1) is 0 Å². The first kappa shape index (κ1) is 21.9. The fourth-order valence-corrected chi connectivity index (χ4v) is 3.79. The van der Waals surface area contributed by atoms with Gasteiger partial charge in [0.05, 0.1) is 13.2 Å². The first-order valence-corrected chi connectivity index (χ1v) is 10.9. The van der Waals surface area contributed by atoms with E-state index in [2.05, 4.69) is 6.92 Å². The average Bonchev–Trinajstić information content (AvgIpc) is 2.80. The van der Waals surface area contributed by atoms with Gasteiger partial charge in [0.1, 0.15) is 17.7 Å². The lowest BCUT2D eigenvalue weighted by Crippen LogP contribution is -2.33. The minimum atomic E-state index is -0.461. The van der Waals surface area contributed by atoms with Gasteiger partial charge < -0.3 is 14.2 Å². The summed E-state index contributed by atoms with van der Waals surface area (Å²) in [6, 6.07) is 15.7. The van der Waals surface area contributed by atoms with Gasteiger partial charge in [0.15, 0.2) is 6.29 Å². The minimum absolute atomic E-state index is 0.0376. The van der Waals surface area contributed by atoms with Crippen molar-refractivity contribution >= 4 is 10.8 Å². The highest BCUT2D eigenvalue weighted by Crippen LogP contribution is 2.29. The number of fused-ring (bicyclic) bond motifs is 1. The molecule has 0 N–H and O–H groups in total. The van der Waals surface area contributed by atoms with Gasteiger partial charge in [-0.1, -0.05) is 49.7 Å². The molecule has 0 saturated carbocycles. The van der Waals surface area contributed by atoms with Crippen LogP contribution in [0.5, 0.6) is 0 Å². The Morgan fingerprint density at radius 3 is 2.45 bits per heavy atom. The minimum Gasteiger partial charge on any atom is -0.373 e. The van der Waals surface area contributed by atoms with E-state index in [0.717, 1.165) is 36.0 Å². The molecule has 0 aliphatic carbocycles. The molecule has 3 aromatic rings. The number of hydrogen-bond donors (Lipinski definition) is 0. The van der Waals surface area contributed by atoms with Crippen LogP contribution >= 0.6 is 0 Å². The quantitative estimate of drug-likeness (QED) is 0.405. The van der Waals surface area contributed by atoms with E-state index in [1.165, 1.54) is 12.1 Å². The Hall–Kier alpha value is -2.34. The maximum Gasteiger partial charge on any atom is 0.184 e. The Morgan fingerprint density at radius 2 is 1.71 bits per heavy atom. The Balaban J connectivity index is 1.41. The van der Waals surface area contributed by atoms with Crippen LogP contribution in [0.2, 0.25) is 0 Å². The SMILES string of the molecule is CCCCOC1COC(c2ccc3c(F)c(CCc4ccc(F)cc4)ccc3c2)OC1. The summed E-state index contributed by atoms with van der Waals surface area (Å²) in [5.74, 6) is -0.470. The van der Waals surface area contributed by atoms with Crippen LogP contribution in [0.3, 0.4) is 0 Å². The molecule has 4 rings (SSSR count). The van der Waals surface area contributed by atoms with Crippen LogP contribution in [0, 0.1) is 11.6 Å². The molecule has 1 heterocycles. The van der Waals surface area contributed by atoms with Crippen LogP contribution in [0.1, 0.15) is 42.7 Å². The molecule has 164 valence electrons. The van der Waals surface area contributed by atoms with Crippen LogP contribution in [-0.2, 0) is 27.1 Å². The maximum absolute atomic E-state index is 15.1. The van der Waals surface area contributed by atoms with Gasteiger partial charge in [0.25, 0.3) is 0 Å². The second-order valence-electron chi connectivity index (χ2n) is 7.99. The summed E-state index contributed by atoms with van der Waals surface area (Å²) in [4.78, 5) is 0. The van der Waals surface area contributed by atoms with E-state index in [9.17, 15) is 4.39 Å². The molecule has 0 radical (unpaired) electrons. The summed E-state index contributed by atoms with van der Waals surface area (Å²) < 4.78 is 45.5. The molecule has 31 heavy (non-hydrogen) atoms. The van der Waals surface area contributed by atoms with Gasteiger partial charge in [-0.05, 0) is 54.0 Å². The van der Waals surface area contributed by atoms with Gasteiger partial charge >= 0.3 is 0 Å². The summed E-state index contributed by atoms with van der Waals surface area (Å²) in [7, 11) is 0. The van der Waals surface area contributed by atoms with E-state index in [1.807, 2.05) is 24.3 Å². The Bertz CT molecular complexity index is 995. The number of halogens is 2. The lowest BCUT2D eigenvalue weighted by atomic mass is 9.99. The third-order valence-electron chi connectivity index (χ3n) is 5.64. The second-order valence-corrected chi connectivity index (χ2v) is 7.99. The molecule has 0 unspecified atom stereocenters. The number of rotatable bonds is 8. The van der Waals surface area contributed by atoms with Crippen molar-refractivity contribution in [2.24, 2.45) is 0 Å². The smallest absolute Gasteiger partial charge is 0.184 e. The summed E-state index contributed by atoms with van der Waals surface area (Å²) in [6.07, 6.45) is 2.84. The van der Waals surface area contributed by atoms with Gasteiger partial charge in [-0.25, -0.2) is 8.78 Å². The lowest BCUT2D eigenvalue weighted by Gasteiger charge is -2.29. The van der Waals surface area contributed by atoms with Crippen LogP contribution in [0.4, 0.5) is 8.78 Å². The number of ether oxygens (including phenoxy) is 3. The zero-order chi connectivity index (χ0) is 21.6. The highest BCUT2D eigenvalue weighted by molar-refractivity contribution is 5.84. The van der Waals surface area contributed by atoms with Crippen molar-refractivity contribution in [3.05, 3.63) is 82.9 Å². The van der Waals surface area contributed by atoms with Gasteiger partial charge in [0.2, 0.25) is 0 Å². The average molecular weight is 427 g/mol. The first-order valence-electron chi connectivity index (χ1n) is 10.9. The molecular formula is C26H28F2O3. The molecule has 0 aromatic heterocycles. The fraction of sp³-hybridized carbons (Fsp3) is 0.385. The molecule has 0 amide bonds. The predicted octanol–water partition coefficient (Wildman–Crippen LogP) is 6.13. The maximum atomic E-state index is 15.1. The molecule has 0 bridgehead atoms. The summed E-state index contributed by atoms with van der Waals surface area (Å²) in [5.41, 5.74) is 2.51. The van der Waals surface area contributed by atoms with Gasteiger partial charge in [-0.2, -0.15) is 0 Å². The Labute approximate surface area is 181 Å². The van der Waals surface area contributed by atoms with E-state index < -0.39 is 6.29 Å². The molecule has 5 heteroatoms. The molecule has 3 aromatic carbocycles. The summed E-state index contributed by atoms with van der Waals surface area (Å²) in [5, 5.41) is 1.39. The fourth-order valence-electron chi connectivity index (χ4n) is 3.79. The van der Waals surface area contributed by atoms with Crippen molar-refractivity contribution in [3.8, 4) is 0 Å². The van der Waals surface area contributed by atoms with Crippen LogP contribution in [-0.4, -0.2) is 25.9 Å².